The second-order valence-electron chi connectivity index (χ2n) is 7.76. The first-order valence-electron chi connectivity index (χ1n) is 8.82. The van der Waals surface area contributed by atoms with E-state index in [2.05, 4.69) is 16.0 Å². The summed E-state index contributed by atoms with van der Waals surface area (Å²) in [6, 6.07) is -0.967. The highest BCUT2D eigenvalue weighted by molar-refractivity contribution is 5.97. The maximum Gasteiger partial charge on any atom is 0.408 e. The predicted octanol–water partition coefficient (Wildman–Crippen LogP) is 0.718. The fraction of sp³-hybridized carbons (Fsp3) is 0.765. The molecule has 0 radical (unpaired) electrons. The highest BCUT2D eigenvalue weighted by Gasteiger charge is 2.48. The summed E-state index contributed by atoms with van der Waals surface area (Å²) < 4.78 is 10.2. The minimum absolute atomic E-state index is 0.437. The Morgan fingerprint density at radius 1 is 1.15 bits per heavy atom. The lowest BCUT2D eigenvalue weighted by Gasteiger charge is -2.41. The van der Waals surface area contributed by atoms with Crippen LogP contribution in [0.25, 0.3) is 0 Å². The van der Waals surface area contributed by atoms with E-state index in [1.54, 1.807) is 20.8 Å². The molecule has 2 unspecified atom stereocenters. The number of alkyl carbamates (subject to hydrolysis) is 1. The van der Waals surface area contributed by atoms with Crippen molar-refractivity contribution in [2.24, 2.45) is 0 Å². The first-order chi connectivity index (χ1) is 12.0. The highest BCUT2D eigenvalue weighted by atomic mass is 16.6. The summed E-state index contributed by atoms with van der Waals surface area (Å²) in [7, 11) is 0. The molecule has 0 aromatic rings. The molecule has 2 aliphatic rings. The van der Waals surface area contributed by atoms with Crippen molar-refractivity contribution in [2.45, 2.75) is 83.2 Å². The van der Waals surface area contributed by atoms with Gasteiger partial charge in [-0.1, -0.05) is 19.3 Å². The van der Waals surface area contributed by atoms with Crippen molar-refractivity contribution in [3.8, 4) is 0 Å². The molecule has 2 rings (SSSR count). The number of rotatable bonds is 4. The fourth-order valence-electron chi connectivity index (χ4n) is 3.11. The van der Waals surface area contributed by atoms with Crippen molar-refractivity contribution in [2.75, 3.05) is 0 Å². The molecule has 1 saturated carbocycles. The van der Waals surface area contributed by atoms with E-state index >= 15 is 0 Å². The molecule has 0 spiro atoms. The Balaban J connectivity index is 2.08. The van der Waals surface area contributed by atoms with Crippen LogP contribution < -0.4 is 16.0 Å². The zero-order valence-electron chi connectivity index (χ0n) is 15.6. The molecule has 1 heterocycles. The van der Waals surface area contributed by atoms with E-state index < -0.39 is 47.3 Å². The van der Waals surface area contributed by atoms with E-state index in [1.807, 2.05) is 0 Å². The number of amides is 3. The third kappa shape index (κ3) is 4.86. The van der Waals surface area contributed by atoms with Gasteiger partial charge in [0.2, 0.25) is 12.1 Å². The Bertz CT molecular complexity index is 592. The van der Waals surface area contributed by atoms with Crippen LogP contribution >= 0.6 is 0 Å². The minimum atomic E-state index is -1.14. The normalized spacial score (nSPS) is 24.5. The number of hydrogen-bond donors (Lipinski definition) is 3. The zero-order valence-corrected chi connectivity index (χ0v) is 15.6. The Labute approximate surface area is 152 Å². The van der Waals surface area contributed by atoms with Crippen LogP contribution in [0.3, 0.4) is 0 Å². The highest BCUT2D eigenvalue weighted by Crippen LogP contribution is 2.29. The second kappa shape index (κ2) is 7.51. The van der Waals surface area contributed by atoms with Gasteiger partial charge in [-0.15, -0.1) is 0 Å². The quantitative estimate of drug-likeness (QED) is 0.496. The molecular weight excluding hydrogens is 342 g/mol. The molecular formula is C17H27N3O6. The summed E-state index contributed by atoms with van der Waals surface area (Å²) in [5.41, 5.74) is -1.83. The van der Waals surface area contributed by atoms with Gasteiger partial charge in [0.05, 0.1) is 0 Å². The van der Waals surface area contributed by atoms with Gasteiger partial charge in [-0.2, -0.15) is 0 Å². The number of esters is 1. The molecule has 0 aromatic carbocycles. The zero-order chi connectivity index (χ0) is 19.5. The molecule has 1 aliphatic heterocycles. The number of ether oxygens (including phenoxy) is 2. The summed E-state index contributed by atoms with van der Waals surface area (Å²) in [5.74, 6) is -1.47. The number of β-lactam (4-membered cyclic amide) rings is 1. The molecule has 2 atom stereocenters. The SMILES string of the molecule is CC(=O)OC1NC(=O)C1NC(=O)C1(NC(=O)OC(C)(C)C)CCCCC1. The fourth-order valence-corrected chi connectivity index (χ4v) is 3.11. The van der Waals surface area contributed by atoms with E-state index in [1.165, 1.54) is 6.92 Å². The minimum Gasteiger partial charge on any atom is -0.444 e. The topological polar surface area (TPSA) is 123 Å². The standard InChI is InChI=1S/C17H27N3O6/c1-10(21)25-13-11(12(22)19-13)18-14(23)17(8-6-5-7-9-17)20-15(24)26-16(2,3)4/h11,13H,5-9H2,1-4H3,(H,18,23)(H,19,22)(H,20,24). The summed E-state index contributed by atoms with van der Waals surface area (Å²) in [4.78, 5) is 47.9. The maximum atomic E-state index is 12.9. The van der Waals surface area contributed by atoms with Gasteiger partial charge in [-0.05, 0) is 33.6 Å². The van der Waals surface area contributed by atoms with Gasteiger partial charge in [-0.3, -0.25) is 14.4 Å². The van der Waals surface area contributed by atoms with Crippen LogP contribution in [-0.4, -0.2) is 47.3 Å². The molecule has 0 aromatic heterocycles. The van der Waals surface area contributed by atoms with Gasteiger partial charge in [0, 0.05) is 6.92 Å². The van der Waals surface area contributed by atoms with Crippen LogP contribution in [0.15, 0.2) is 0 Å². The van der Waals surface area contributed by atoms with E-state index in [9.17, 15) is 19.2 Å². The van der Waals surface area contributed by atoms with Crippen molar-refractivity contribution in [3.63, 3.8) is 0 Å². The van der Waals surface area contributed by atoms with Crippen molar-refractivity contribution in [3.05, 3.63) is 0 Å². The second-order valence-corrected chi connectivity index (χ2v) is 7.76. The lowest BCUT2D eigenvalue weighted by Crippen LogP contribution is -2.73. The Morgan fingerprint density at radius 3 is 2.27 bits per heavy atom. The number of hydrogen-bond acceptors (Lipinski definition) is 6. The first kappa shape index (κ1) is 20.0. The Hall–Kier alpha value is -2.32. The summed E-state index contributed by atoms with van der Waals surface area (Å²) in [5, 5.41) is 7.71. The van der Waals surface area contributed by atoms with Crippen LogP contribution in [0.2, 0.25) is 0 Å². The van der Waals surface area contributed by atoms with Crippen LogP contribution in [0.5, 0.6) is 0 Å². The maximum absolute atomic E-state index is 12.9. The smallest absolute Gasteiger partial charge is 0.408 e. The van der Waals surface area contributed by atoms with Gasteiger partial charge in [-0.25, -0.2) is 4.79 Å². The predicted molar refractivity (Wildman–Crippen MR) is 90.8 cm³/mol. The Kier molecular flexibility index (Phi) is 5.77. The average Bonchev–Trinajstić information content (AvgIpc) is 2.50. The van der Waals surface area contributed by atoms with E-state index in [-0.39, 0.29) is 0 Å². The van der Waals surface area contributed by atoms with Gasteiger partial charge in [0.15, 0.2) is 6.04 Å². The third-order valence-corrected chi connectivity index (χ3v) is 4.33. The van der Waals surface area contributed by atoms with Crippen LogP contribution in [0.1, 0.15) is 59.8 Å². The molecule has 0 bridgehead atoms. The summed E-state index contributed by atoms with van der Waals surface area (Å²) >= 11 is 0. The van der Waals surface area contributed by atoms with Crippen LogP contribution in [-0.2, 0) is 23.9 Å². The third-order valence-electron chi connectivity index (χ3n) is 4.33. The number of nitrogens with one attached hydrogen (secondary N) is 3. The van der Waals surface area contributed by atoms with Gasteiger partial charge in [0.1, 0.15) is 11.1 Å². The van der Waals surface area contributed by atoms with Crippen LogP contribution in [0.4, 0.5) is 4.79 Å². The summed E-state index contributed by atoms with van der Waals surface area (Å²) in [6.45, 7) is 6.43. The monoisotopic (exact) mass is 369 g/mol. The average molecular weight is 369 g/mol. The molecule has 146 valence electrons. The largest absolute Gasteiger partial charge is 0.444 e. The Morgan fingerprint density at radius 2 is 1.77 bits per heavy atom. The number of carbonyl (C=O) groups excluding carboxylic acids is 4. The lowest BCUT2D eigenvalue weighted by atomic mass is 9.80. The van der Waals surface area contributed by atoms with E-state index in [0.29, 0.717) is 12.8 Å². The lowest BCUT2D eigenvalue weighted by molar-refractivity contribution is -0.165. The van der Waals surface area contributed by atoms with Crippen molar-refractivity contribution in [1.82, 2.24) is 16.0 Å². The molecule has 3 N–H and O–H groups in total. The van der Waals surface area contributed by atoms with Gasteiger partial charge < -0.3 is 25.4 Å². The molecule has 9 heteroatoms. The van der Waals surface area contributed by atoms with Crippen LogP contribution in [0, 0.1) is 0 Å². The van der Waals surface area contributed by atoms with Gasteiger partial charge >= 0.3 is 12.1 Å². The molecule has 1 saturated heterocycles. The molecule has 3 amide bonds. The van der Waals surface area contributed by atoms with E-state index in [4.69, 9.17) is 9.47 Å². The van der Waals surface area contributed by atoms with Crippen molar-refractivity contribution >= 4 is 23.9 Å². The number of carbonyl (C=O) groups is 4. The van der Waals surface area contributed by atoms with E-state index in [0.717, 1.165) is 19.3 Å². The molecule has 9 nitrogen and oxygen atoms in total. The molecule has 26 heavy (non-hydrogen) atoms. The summed E-state index contributed by atoms with van der Waals surface area (Å²) in [6.07, 6.45) is 1.83. The first-order valence-corrected chi connectivity index (χ1v) is 8.82. The van der Waals surface area contributed by atoms with Crippen molar-refractivity contribution in [1.29, 1.82) is 0 Å². The van der Waals surface area contributed by atoms with Crippen molar-refractivity contribution < 1.29 is 28.7 Å². The molecule has 1 aliphatic carbocycles. The molecule has 2 fully saturated rings. The van der Waals surface area contributed by atoms with Gasteiger partial charge in [0.25, 0.3) is 5.91 Å².